The van der Waals surface area contributed by atoms with Gasteiger partial charge in [0.05, 0.1) is 33.8 Å². The number of nitrogens with zero attached hydrogens (tertiary/aromatic N) is 1. The van der Waals surface area contributed by atoms with Gasteiger partial charge in [-0.3, -0.25) is 18.6 Å². The van der Waals surface area contributed by atoms with E-state index in [0.29, 0.717) is 17.4 Å². The van der Waals surface area contributed by atoms with Crippen molar-refractivity contribution >= 4 is 19.7 Å². The quantitative estimate of drug-likeness (QED) is 0.0205. The molecule has 0 aromatic heterocycles. The second kappa shape index (κ2) is 61.1. The van der Waals surface area contributed by atoms with Crippen molar-refractivity contribution in [3.05, 3.63) is 48.6 Å². The molecule has 1 amide bonds. The summed E-state index contributed by atoms with van der Waals surface area (Å²) in [7, 11) is 1.50. The summed E-state index contributed by atoms with van der Waals surface area (Å²) in [5, 5.41) is 3.07. The molecule has 81 heavy (non-hydrogen) atoms. The minimum absolute atomic E-state index is 0.0394. The summed E-state index contributed by atoms with van der Waals surface area (Å²) in [4.78, 5) is 37.9. The van der Waals surface area contributed by atoms with Crippen LogP contribution in [-0.2, 0) is 27.9 Å². The van der Waals surface area contributed by atoms with E-state index in [1.807, 2.05) is 33.3 Å². The zero-order valence-corrected chi connectivity index (χ0v) is 55.4. The number of esters is 1. The van der Waals surface area contributed by atoms with Crippen LogP contribution in [0.25, 0.3) is 0 Å². The topological polar surface area (TPSA) is 111 Å². The van der Waals surface area contributed by atoms with Gasteiger partial charge in [0.2, 0.25) is 5.91 Å². The van der Waals surface area contributed by atoms with E-state index in [2.05, 4.69) is 62.5 Å². The first-order chi connectivity index (χ1) is 39.4. The molecule has 3 atom stereocenters. The number of phosphoric ester groups is 1. The molecule has 0 aliphatic carbocycles. The molecule has 3 unspecified atom stereocenters. The van der Waals surface area contributed by atoms with Gasteiger partial charge in [-0.15, -0.1) is 0 Å². The number of hydrogen-bond donors (Lipinski definition) is 2. The Labute approximate surface area is 503 Å². The van der Waals surface area contributed by atoms with E-state index in [1.54, 1.807) is 0 Å². The van der Waals surface area contributed by atoms with Crippen molar-refractivity contribution in [1.29, 1.82) is 0 Å². The molecule has 9 nitrogen and oxygen atoms in total. The number of carbonyl (C=O) groups excluding carboxylic acids is 2. The molecule has 0 spiro atoms. The Morgan fingerprint density at radius 3 is 1.15 bits per heavy atom. The molecule has 10 heteroatoms. The zero-order chi connectivity index (χ0) is 59.3. The Morgan fingerprint density at radius 2 is 0.753 bits per heavy atom. The molecule has 2 N–H and O–H groups in total. The predicted octanol–water partition coefficient (Wildman–Crippen LogP) is 22.0. The van der Waals surface area contributed by atoms with E-state index in [1.165, 1.54) is 225 Å². The van der Waals surface area contributed by atoms with Gasteiger partial charge in [-0.2, -0.15) is 0 Å². The molecule has 0 aromatic carbocycles. The monoisotopic (exact) mass is 1160 g/mol. The average molecular weight is 1160 g/mol. The molecule has 0 saturated carbocycles. The predicted molar refractivity (Wildman–Crippen MR) is 351 cm³/mol. The summed E-state index contributed by atoms with van der Waals surface area (Å²) < 4.78 is 30.8. The number of allylic oxidation sites excluding steroid dienone is 7. The van der Waals surface area contributed by atoms with Gasteiger partial charge in [-0.25, -0.2) is 4.57 Å². The number of amides is 1. The van der Waals surface area contributed by atoms with E-state index < -0.39 is 20.0 Å². The third kappa shape index (κ3) is 62.3. The molecule has 0 fully saturated rings. The lowest BCUT2D eigenvalue weighted by atomic mass is 10.0. The smallest absolute Gasteiger partial charge is 0.456 e. The second-order valence-corrected chi connectivity index (χ2v) is 26.5. The number of hydrogen-bond acceptors (Lipinski definition) is 6. The normalized spacial score (nSPS) is 13.8. The molecule has 0 heterocycles. The number of likely N-dealkylation sites (N-methyl/N-ethyl adjacent to an activating group) is 1. The van der Waals surface area contributed by atoms with Crippen molar-refractivity contribution < 1.29 is 37.3 Å². The van der Waals surface area contributed by atoms with Crippen molar-refractivity contribution in [3.63, 3.8) is 0 Å². The fraction of sp³-hybridized carbons (Fsp3) is 0.859. The van der Waals surface area contributed by atoms with Crippen LogP contribution in [0.3, 0.4) is 0 Å². The highest BCUT2D eigenvalue weighted by Gasteiger charge is 2.30. The minimum atomic E-state index is -4.45. The summed E-state index contributed by atoms with van der Waals surface area (Å²) in [6.07, 6.45) is 76.9. The van der Waals surface area contributed by atoms with E-state index >= 15 is 0 Å². The maximum absolute atomic E-state index is 13.6. The summed E-state index contributed by atoms with van der Waals surface area (Å²) in [6.45, 7) is 7.03. The van der Waals surface area contributed by atoms with Crippen LogP contribution >= 0.6 is 7.82 Å². The van der Waals surface area contributed by atoms with Crippen LogP contribution in [0.2, 0.25) is 0 Å². The van der Waals surface area contributed by atoms with Gasteiger partial charge in [-0.05, 0) is 70.3 Å². The number of carbonyl (C=O) groups is 2. The van der Waals surface area contributed by atoms with Crippen molar-refractivity contribution in [2.45, 2.75) is 354 Å². The number of quaternary nitrogens is 1. The fourth-order valence-electron chi connectivity index (χ4n) is 10.4. The van der Waals surface area contributed by atoms with Gasteiger partial charge in [0, 0.05) is 12.8 Å². The molecule has 0 radical (unpaired) electrons. The number of ether oxygens (including phenoxy) is 1. The van der Waals surface area contributed by atoms with Crippen molar-refractivity contribution in [3.8, 4) is 0 Å². The first kappa shape index (κ1) is 79.0. The Kier molecular flexibility index (Phi) is 59.5. The van der Waals surface area contributed by atoms with Crippen molar-refractivity contribution in [1.82, 2.24) is 5.32 Å². The summed E-state index contributed by atoms with van der Waals surface area (Å²) in [5.74, 6) is -0.503. The van der Waals surface area contributed by atoms with Gasteiger partial charge in [0.1, 0.15) is 19.3 Å². The third-order valence-electron chi connectivity index (χ3n) is 15.8. The number of unbranched alkanes of at least 4 members (excludes halogenated alkanes) is 42. The number of rotatable bonds is 64. The highest BCUT2D eigenvalue weighted by Crippen LogP contribution is 2.43. The van der Waals surface area contributed by atoms with Crippen LogP contribution in [0.4, 0.5) is 0 Å². The maximum atomic E-state index is 13.6. The lowest BCUT2D eigenvalue weighted by molar-refractivity contribution is -0.870. The van der Waals surface area contributed by atoms with Gasteiger partial charge < -0.3 is 19.4 Å². The Bertz CT molecular complexity index is 1520. The van der Waals surface area contributed by atoms with Gasteiger partial charge in [0.25, 0.3) is 0 Å². The lowest BCUT2D eigenvalue weighted by Crippen LogP contribution is -2.47. The highest BCUT2D eigenvalue weighted by atomic mass is 31.2. The minimum Gasteiger partial charge on any atom is -0.456 e. The molecule has 0 aliphatic heterocycles. The SMILES string of the molecule is CCCCC/C=C\C/C=C\C/C=C\CCCCCCCCC(=O)OC(/C=C/CCCCCCCCCCCCC)C(COP(=O)(O)OCC[N+](C)(C)C)NC(=O)CCCCCCCCCCCCCCCCCCCCCCCCC. The maximum Gasteiger partial charge on any atom is 0.472 e. The summed E-state index contributed by atoms with van der Waals surface area (Å²) in [5.41, 5.74) is 0. The molecule has 0 rings (SSSR count). The van der Waals surface area contributed by atoms with Crippen molar-refractivity contribution in [2.75, 3.05) is 40.9 Å². The average Bonchev–Trinajstić information content (AvgIpc) is 3.44. The molecule has 0 aliphatic rings. The number of phosphoric acid groups is 1. The van der Waals surface area contributed by atoms with Crippen LogP contribution in [0.15, 0.2) is 48.6 Å². The van der Waals surface area contributed by atoms with Gasteiger partial charge in [0.15, 0.2) is 0 Å². The van der Waals surface area contributed by atoms with E-state index in [-0.39, 0.29) is 31.5 Å². The molecule has 476 valence electrons. The largest absolute Gasteiger partial charge is 0.472 e. The Morgan fingerprint density at radius 1 is 0.432 bits per heavy atom. The fourth-order valence-corrected chi connectivity index (χ4v) is 11.1. The standard InChI is InChI=1S/C71H135N2O7P/c1-7-10-13-16-19-22-25-28-30-32-34-35-36-37-39-40-42-45-48-51-54-57-60-63-70(74)72-68(67-79-81(76,77)78-66-65-73(4,5)6)69(62-59-56-53-50-47-44-27-24-21-18-15-12-9-3)80-71(75)64-61-58-55-52-49-46-43-41-38-33-31-29-26-23-20-17-14-11-8-2/h20,23,29,31,38,41,59,62,68-69H,7-19,21-22,24-28,30,32-37,39-40,42-58,60-61,63-67H2,1-6H3,(H-,72,74,76,77)/p+1/b23-20-,31-29-,41-38-,62-59+. The molecule has 0 aromatic rings. The summed E-state index contributed by atoms with van der Waals surface area (Å²) >= 11 is 0. The van der Waals surface area contributed by atoms with Crippen LogP contribution in [0, 0.1) is 0 Å². The second-order valence-electron chi connectivity index (χ2n) is 25.1. The first-order valence-electron chi connectivity index (χ1n) is 35.0. The van der Waals surface area contributed by atoms with Crippen LogP contribution in [0.5, 0.6) is 0 Å². The molecular formula is C71H136N2O7P+. The number of nitrogens with one attached hydrogen (secondary N) is 1. The summed E-state index contributed by atoms with van der Waals surface area (Å²) in [6, 6.07) is -0.852. The lowest BCUT2D eigenvalue weighted by Gasteiger charge is -2.27. The molecule has 0 saturated heterocycles. The third-order valence-corrected chi connectivity index (χ3v) is 16.8. The van der Waals surface area contributed by atoms with Crippen LogP contribution in [0.1, 0.15) is 342 Å². The van der Waals surface area contributed by atoms with Crippen LogP contribution < -0.4 is 5.32 Å². The highest BCUT2D eigenvalue weighted by molar-refractivity contribution is 7.47. The van der Waals surface area contributed by atoms with Crippen molar-refractivity contribution in [2.24, 2.45) is 0 Å². The zero-order valence-electron chi connectivity index (χ0n) is 54.5. The Balaban J connectivity index is 5.13. The van der Waals surface area contributed by atoms with E-state index in [0.717, 1.165) is 83.5 Å². The van der Waals surface area contributed by atoms with E-state index in [9.17, 15) is 19.0 Å². The van der Waals surface area contributed by atoms with Crippen LogP contribution in [-0.4, -0.2) is 74.3 Å². The van der Waals surface area contributed by atoms with E-state index in [4.69, 9.17) is 13.8 Å². The molecule has 0 bridgehead atoms. The first-order valence-corrected chi connectivity index (χ1v) is 36.5. The Hall–Kier alpha value is -2.03. The molecular weight excluding hydrogens is 1020 g/mol. The van der Waals surface area contributed by atoms with Gasteiger partial charge in [-0.1, -0.05) is 307 Å². The van der Waals surface area contributed by atoms with Gasteiger partial charge >= 0.3 is 13.8 Å².